The Hall–Kier alpha value is -0.740. The first-order valence-corrected chi connectivity index (χ1v) is 6.07. The minimum Gasteiger partial charge on any atom is -0.325 e. The second kappa shape index (κ2) is 4.26. The molecular weight excluding hydrogens is 273 g/mol. The smallest absolute Gasteiger partial charge is 0.167 e. The molecule has 0 spiro atoms. The maximum Gasteiger partial charge on any atom is 0.167 e. The maximum absolute atomic E-state index is 13.4. The molecule has 1 aliphatic carbocycles. The third-order valence-electron chi connectivity index (χ3n) is 3.09. The molecule has 1 aromatic carbocycles. The summed E-state index contributed by atoms with van der Waals surface area (Å²) in [6.45, 7) is 0. The number of halogens is 2. The number of ketones is 1. The molecule has 1 aromatic rings. The summed E-state index contributed by atoms with van der Waals surface area (Å²) >= 11 is 3.23. The number of carbonyl (C=O) groups excluding carboxylic acids is 1. The van der Waals surface area contributed by atoms with Gasteiger partial charge in [0.15, 0.2) is 5.78 Å². The van der Waals surface area contributed by atoms with Gasteiger partial charge in [0.25, 0.3) is 0 Å². The fourth-order valence-corrected chi connectivity index (χ4v) is 2.29. The van der Waals surface area contributed by atoms with Crippen LogP contribution in [0.5, 0.6) is 0 Å². The van der Waals surface area contributed by atoms with Crippen molar-refractivity contribution in [2.75, 3.05) is 0 Å². The molecule has 2 N–H and O–H groups in total. The normalized spacial score (nSPS) is 17.9. The topological polar surface area (TPSA) is 43.1 Å². The van der Waals surface area contributed by atoms with Crippen molar-refractivity contribution in [1.82, 2.24) is 0 Å². The Morgan fingerprint density at radius 1 is 1.50 bits per heavy atom. The predicted molar refractivity (Wildman–Crippen MR) is 63.8 cm³/mol. The van der Waals surface area contributed by atoms with E-state index in [1.165, 1.54) is 12.1 Å². The van der Waals surface area contributed by atoms with E-state index in [0.717, 1.165) is 19.3 Å². The van der Waals surface area contributed by atoms with Crippen LogP contribution in [-0.4, -0.2) is 11.3 Å². The van der Waals surface area contributed by atoms with Crippen LogP contribution in [0.3, 0.4) is 0 Å². The maximum atomic E-state index is 13.4. The van der Waals surface area contributed by atoms with Crippen molar-refractivity contribution in [2.45, 2.75) is 31.2 Å². The lowest BCUT2D eigenvalue weighted by atomic mass is 9.74. The number of Topliss-reactive ketones (excluding diaryl/α,β-unsaturated/α-hetero) is 1. The zero-order chi connectivity index (χ0) is 11.8. The summed E-state index contributed by atoms with van der Waals surface area (Å²) in [5, 5.41) is 0. The van der Waals surface area contributed by atoms with Gasteiger partial charge in [-0.2, -0.15) is 0 Å². The quantitative estimate of drug-likeness (QED) is 0.868. The molecule has 0 unspecified atom stereocenters. The third kappa shape index (κ3) is 2.33. The van der Waals surface area contributed by atoms with E-state index in [-0.39, 0.29) is 17.8 Å². The van der Waals surface area contributed by atoms with Gasteiger partial charge in [-0.15, -0.1) is 0 Å². The Morgan fingerprint density at radius 3 is 2.75 bits per heavy atom. The minimum atomic E-state index is -0.476. The Balaban J connectivity index is 2.17. The van der Waals surface area contributed by atoms with Gasteiger partial charge in [-0.05, 0) is 37.5 Å². The molecule has 16 heavy (non-hydrogen) atoms. The largest absolute Gasteiger partial charge is 0.325 e. The van der Waals surface area contributed by atoms with Crippen molar-refractivity contribution in [3.05, 3.63) is 34.1 Å². The summed E-state index contributed by atoms with van der Waals surface area (Å²) in [5.41, 5.74) is 5.71. The number of carbonyl (C=O) groups is 1. The SMILES string of the molecule is NC1(CC(=O)c2cc(Br)ccc2F)CCC1. The standard InChI is InChI=1S/C12H13BrFNO/c13-8-2-3-10(14)9(6-8)11(16)7-12(15)4-1-5-12/h2-3,6H,1,4-5,7,15H2. The van der Waals surface area contributed by atoms with Crippen molar-refractivity contribution >= 4 is 21.7 Å². The van der Waals surface area contributed by atoms with Crippen molar-refractivity contribution < 1.29 is 9.18 Å². The Morgan fingerprint density at radius 2 is 2.19 bits per heavy atom. The van der Waals surface area contributed by atoms with Gasteiger partial charge in [0.05, 0.1) is 5.56 Å². The van der Waals surface area contributed by atoms with Gasteiger partial charge in [-0.1, -0.05) is 15.9 Å². The molecule has 1 fully saturated rings. The Bertz CT molecular complexity index is 429. The van der Waals surface area contributed by atoms with Crippen molar-refractivity contribution in [1.29, 1.82) is 0 Å². The number of hydrogen-bond donors (Lipinski definition) is 1. The first-order chi connectivity index (χ1) is 7.50. The summed E-state index contributed by atoms with van der Waals surface area (Å²) in [4.78, 5) is 11.9. The lowest BCUT2D eigenvalue weighted by Gasteiger charge is -2.37. The van der Waals surface area contributed by atoms with E-state index in [0.29, 0.717) is 4.47 Å². The fourth-order valence-electron chi connectivity index (χ4n) is 1.93. The zero-order valence-corrected chi connectivity index (χ0v) is 10.4. The van der Waals surface area contributed by atoms with Gasteiger partial charge in [0.2, 0.25) is 0 Å². The van der Waals surface area contributed by atoms with E-state index < -0.39 is 11.4 Å². The second-order valence-electron chi connectivity index (χ2n) is 4.44. The lowest BCUT2D eigenvalue weighted by Crippen LogP contribution is -2.48. The van der Waals surface area contributed by atoms with Crippen LogP contribution < -0.4 is 5.73 Å². The molecule has 0 heterocycles. The first kappa shape index (κ1) is 11.7. The number of nitrogens with two attached hydrogens (primary N) is 1. The minimum absolute atomic E-state index is 0.131. The molecule has 2 rings (SSSR count). The van der Waals surface area contributed by atoms with E-state index in [9.17, 15) is 9.18 Å². The highest BCUT2D eigenvalue weighted by atomic mass is 79.9. The average Bonchev–Trinajstić information content (AvgIpc) is 2.19. The second-order valence-corrected chi connectivity index (χ2v) is 5.36. The summed E-state index contributed by atoms with van der Waals surface area (Å²) < 4.78 is 14.1. The third-order valence-corrected chi connectivity index (χ3v) is 3.58. The van der Waals surface area contributed by atoms with Gasteiger partial charge >= 0.3 is 0 Å². The molecule has 0 radical (unpaired) electrons. The van der Waals surface area contributed by atoms with E-state index in [1.54, 1.807) is 6.07 Å². The molecule has 1 saturated carbocycles. The summed E-state index contributed by atoms with van der Waals surface area (Å²) in [5.74, 6) is -0.683. The summed E-state index contributed by atoms with van der Waals surface area (Å²) in [6.07, 6.45) is 3.01. The Labute approximate surface area is 102 Å². The molecule has 86 valence electrons. The molecule has 0 amide bonds. The molecule has 1 aliphatic rings. The summed E-state index contributed by atoms with van der Waals surface area (Å²) in [7, 11) is 0. The number of hydrogen-bond acceptors (Lipinski definition) is 2. The van der Waals surface area contributed by atoms with Crippen LogP contribution in [0.4, 0.5) is 4.39 Å². The van der Waals surface area contributed by atoms with Gasteiger partial charge in [0.1, 0.15) is 5.82 Å². The van der Waals surface area contributed by atoms with Crippen LogP contribution in [-0.2, 0) is 0 Å². The fraction of sp³-hybridized carbons (Fsp3) is 0.417. The Kier molecular flexibility index (Phi) is 3.13. The van der Waals surface area contributed by atoms with E-state index in [2.05, 4.69) is 15.9 Å². The molecule has 0 aromatic heterocycles. The van der Waals surface area contributed by atoms with Crippen LogP contribution in [0.25, 0.3) is 0 Å². The van der Waals surface area contributed by atoms with Crippen molar-refractivity contribution in [3.8, 4) is 0 Å². The van der Waals surface area contributed by atoms with Crippen LogP contribution in [0.2, 0.25) is 0 Å². The highest BCUT2D eigenvalue weighted by Crippen LogP contribution is 2.33. The lowest BCUT2D eigenvalue weighted by molar-refractivity contribution is 0.0908. The molecule has 2 nitrogen and oxygen atoms in total. The van der Waals surface area contributed by atoms with Crippen molar-refractivity contribution in [2.24, 2.45) is 5.73 Å². The molecule has 4 heteroatoms. The molecule has 0 bridgehead atoms. The molecule has 0 aliphatic heterocycles. The first-order valence-electron chi connectivity index (χ1n) is 5.27. The van der Waals surface area contributed by atoms with Crippen LogP contribution in [0, 0.1) is 5.82 Å². The van der Waals surface area contributed by atoms with E-state index in [4.69, 9.17) is 5.73 Å². The van der Waals surface area contributed by atoms with Gasteiger partial charge in [-0.3, -0.25) is 4.79 Å². The van der Waals surface area contributed by atoms with Crippen molar-refractivity contribution in [3.63, 3.8) is 0 Å². The highest BCUT2D eigenvalue weighted by molar-refractivity contribution is 9.10. The molecule has 0 saturated heterocycles. The van der Waals surface area contributed by atoms with E-state index >= 15 is 0 Å². The highest BCUT2D eigenvalue weighted by Gasteiger charge is 2.35. The van der Waals surface area contributed by atoms with Crippen LogP contribution >= 0.6 is 15.9 Å². The van der Waals surface area contributed by atoms with Crippen LogP contribution in [0.15, 0.2) is 22.7 Å². The molecule has 0 atom stereocenters. The monoisotopic (exact) mass is 285 g/mol. The summed E-state index contributed by atoms with van der Waals surface area (Å²) in [6, 6.07) is 4.38. The number of rotatable bonds is 3. The van der Waals surface area contributed by atoms with Gasteiger partial charge < -0.3 is 5.73 Å². The van der Waals surface area contributed by atoms with E-state index in [1.807, 2.05) is 0 Å². The zero-order valence-electron chi connectivity index (χ0n) is 8.80. The van der Waals surface area contributed by atoms with Gasteiger partial charge in [0, 0.05) is 16.4 Å². The number of benzene rings is 1. The average molecular weight is 286 g/mol. The van der Waals surface area contributed by atoms with Crippen LogP contribution in [0.1, 0.15) is 36.0 Å². The molecular formula is C12H13BrFNO. The van der Waals surface area contributed by atoms with Gasteiger partial charge in [-0.25, -0.2) is 4.39 Å². The predicted octanol–water partition coefficient (Wildman–Crippen LogP) is 3.04.